The molecule has 1 aliphatic rings. The minimum atomic E-state index is 0. The van der Waals surface area contributed by atoms with Crippen LogP contribution in [0.2, 0.25) is 0 Å². The number of nitrogens with one attached hydrogen (secondary N) is 1. The zero-order valence-electron chi connectivity index (χ0n) is 15.3. The summed E-state index contributed by atoms with van der Waals surface area (Å²) >= 11 is 1.64. The Labute approximate surface area is 173 Å². The first kappa shape index (κ1) is 19.0. The van der Waals surface area contributed by atoms with Gasteiger partial charge in [-0.1, -0.05) is 41.6 Å². The van der Waals surface area contributed by atoms with Gasteiger partial charge in [0.1, 0.15) is 22.8 Å². The lowest BCUT2D eigenvalue weighted by molar-refractivity contribution is 0.306. The molecule has 0 fully saturated rings. The summed E-state index contributed by atoms with van der Waals surface area (Å²) in [6.07, 6.45) is 2.21. The lowest BCUT2D eigenvalue weighted by Crippen LogP contribution is -2.33. The second-order valence-electron chi connectivity index (χ2n) is 6.85. The second-order valence-corrected chi connectivity index (χ2v) is 7.77. The number of hydrogen-bond acceptors (Lipinski definition) is 5. The average molecular weight is 413 g/mol. The van der Waals surface area contributed by atoms with Crippen LogP contribution in [0.25, 0.3) is 21.5 Å². The van der Waals surface area contributed by atoms with Crippen LogP contribution < -0.4 is 10.1 Å². The summed E-state index contributed by atoms with van der Waals surface area (Å²) in [5.41, 5.74) is 5.68. The van der Waals surface area contributed by atoms with Crippen LogP contribution in [0.5, 0.6) is 5.75 Å². The fourth-order valence-corrected chi connectivity index (χ4v) is 4.55. The van der Waals surface area contributed by atoms with E-state index in [2.05, 4.69) is 34.7 Å². The number of rotatable bonds is 6. The van der Waals surface area contributed by atoms with Gasteiger partial charge in [-0.3, -0.25) is 0 Å². The molecule has 6 heteroatoms. The molecular formula is C22H21ClN2O2S. The van der Waals surface area contributed by atoms with Crippen molar-refractivity contribution in [1.29, 1.82) is 0 Å². The predicted octanol–water partition coefficient (Wildman–Crippen LogP) is 5.11. The number of halogens is 1. The van der Waals surface area contributed by atoms with Gasteiger partial charge in [-0.05, 0) is 47.5 Å². The Balaban J connectivity index is 0.00000192. The van der Waals surface area contributed by atoms with Crippen LogP contribution >= 0.6 is 23.7 Å². The highest BCUT2D eigenvalue weighted by Gasteiger charge is 2.19. The van der Waals surface area contributed by atoms with E-state index in [1.54, 1.807) is 11.3 Å². The van der Waals surface area contributed by atoms with Gasteiger partial charge in [0.25, 0.3) is 0 Å². The summed E-state index contributed by atoms with van der Waals surface area (Å²) < 4.78 is 12.4. The van der Waals surface area contributed by atoms with Gasteiger partial charge >= 0.3 is 0 Å². The van der Waals surface area contributed by atoms with Crippen molar-refractivity contribution in [3.05, 3.63) is 71.1 Å². The van der Waals surface area contributed by atoms with E-state index in [0.29, 0.717) is 12.6 Å². The van der Waals surface area contributed by atoms with E-state index in [9.17, 15) is 0 Å². The zero-order valence-corrected chi connectivity index (χ0v) is 16.9. The van der Waals surface area contributed by atoms with Crippen LogP contribution in [-0.4, -0.2) is 24.4 Å². The van der Waals surface area contributed by atoms with Gasteiger partial charge in [-0.15, -0.1) is 23.7 Å². The maximum absolute atomic E-state index is 5.96. The van der Waals surface area contributed by atoms with E-state index in [1.807, 2.05) is 35.7 Å². The molecule has 0 bridgehead atoms. The molecule has 4 nitrogen and oxygen atoms in total. The third kappa shape index (κ3) is 3.78. The molecule has 0 saturated heterocycles. The lowest BCUT2D eigenvalue weighted by Gasteiger charge is -2.13. The molecule has 5 rings (SSSR count). The number of benzene rings is 2. The molecule has 4 aromatic rings. The highest BCUT2D eigenvalue weighted by Crippen LogP contribution is 2.33. The highest BCUT2D eigenvalue weighted by atomic mass is 35.5. The van der Waals surface area contributed by atoms with Crippen molar-refractivity contribution in [3.8, 4) is 17.0 Å². The Kier molecular flexibility index (Phi) is 5.67. The first-order valence-electron chi connectivity index (χ1n) is 9.23. The van der Waals surface area contributed by atoms with E-state index < -0.39 is 0 Å². The normalized spacial score (nSPS) is 13.4. The average Bonchev–Trinajstić information content (AvgIpc) is 3.40. The first-order chi connectivity index (χ1) is 13.4. The van der Waals surface area contributed by atoms with Gasteiger partial charge in [0.15, 0.2) is 5.58 Å². The summed E-state index contributed by atoms with van der Waals surface area (Å²) in [7, 11) is 0. The Morgan fingerprint density at radius 2 is 1.89 bits per heavy atom. The molecule has 144 valence electrons. The van der Waals surface area contributed by atoms with Gasteiger partial charge in [-0.2, -0.15) is 0 Å². The highest BCUT2D eigenvalue weighted by molar-refractivity contribution is 7.17. The Morgan fingerprint density at radius 3 is 2.71 bits per heavy atom. The Bertz CT molecular complexity index is 1050. The molecule has 2 aromatic heterocycles. The molecule has 0 unspecified atom stereocenters. The van der Waals surface area contributed by atoms with Crippen molar-refractivity contribution < 1.29 is 9.26 Å². The molecule has 2 heterocycles. The Morgan fingerprint density at radius 1 is 1.07 bits per heavy atom. The van der Waals surface area contributed by atoms with Crippen molar-refractivity contribution in [2.24, 2.45) is 0 Å². The Hall–Kier alpha value is -2.34. The number of fused-ring (bicyclic) bond motifs is 2. The SMILES string of the molecule is Cl.c1cc(OCCNC2Cc3ccccc3C2)cc(-c2noc3ccsc23)c1. The van der Waals surface area contributed by atoms with E-state index in [0.717, 1.165) is 46.7 Å². The van der Waals surface area contributed by atoms with Crippen LogP contribution in [0, 0.1) is 0 Å². The second kappa shape index (κ2) is 8.35. The van der Waals surface area contributed by atoms with Crippen molar-refractivity contribution in [2.45, 2.75) is 18.9 Å². The van der Waals surface area contributed by atoms with Crippen molar-refractivity contribution in [2.75, 3.05) is 13.2 Å². The number of nitrogens with zero attached hydrogens (tertiary/aromatic N) is 1. The smallest absolute Gasteiger partial charge is 0.178 e. The molecule has 0 saturated carbocycles. The number of hydrogen-bond donors (Lipinski definition) is 1. The van der Waals surface area contributed by atoms with Crippen LogP contribution in [0.15, 0.2) is 64.5 Å². The van der Waals surface area contributed by atoms with Crippen molar-refractivity contribution in [1.82, 2.24) is 10.5 Å². The van der Waals surface area contributed by atoms with Crippen LogP contribution in [-0.2, 0) is 12.8 Å². The number of thiophene rings is 1. The molecule has 1 N–H and O–H groups in total. The number of aromatic nitrogens is 1. The fraction of sp³-hybridized carbons (Fsp3) is 0.227. The van der Waals surface area contributed by atoms with Crippen LogP contribution in [0.1, 0.15) is 11.1 Å². The van der Waals surface area contributed by atoms with Crippen LogP contribution in [0.3, 0.4) is 0 Å². The van der Waals surface area contributed by atoms with Gasteiger partial charge < -0.3 is 14.6 Å². The van der Waals surface area contributed by atoms with Gasteiger partial charge in [0.05, 0.1) is 0 Å². The van der Waals surface area contributed by atoms with Gasteiger partial charge in [0.2, 0.25) is 0 Å². The van der Waals surface area contributed by atoms with E-state index >= 15 is 0 Å². The fourth-order valence-electron chi connectivity index (χ4n) is 3.73. The summed E-state index contributed by atoms with van der Waals surface area (Å²) in [6.45, 7) is 1.48. The summed E-state index contributed by atoms with van der Waals surface area (Å²) in [5, 5.41) is 9.83. The molecule has 0 atom stereocenters. The molecule has 0 radical (unpaired) electrons. The molecule has 0 amide bonds. The van der Waals surface area contributed by atoms with E-state index in [1.165, 1.54) is 11.1 Å². The minimum Gasteiger partial charge on any atom is -0.492 e. The van der Waals surface area contributed by atoms with Crippen molar-refractivity contribution in [3.63, 3.8) is 0 Å². The third-order valence-corrected chi connectivity index (χ3v) is 5.94. The largest absolute Gasteiger partial charge is 0.492 e. The molecular weight excluding hydrogens is 392 g/mol. The zero-order chi connectivity index (χ0) is 18.1. The molecule has 0 spiro atoms. The van der Waals surface area contributed by atoms with Crippen LogP contribution in [0.4, 0.5) is 0 Å². The summed E-state index contributed by atoms with van der Waals surface area (Å²) in [4.78, 5) is 0. The van der Waals surface area contributed by atoms with E-state index in [4.69, 9.17) is 9.26 Å². The topological polar surface area (TPSA) is 47.3 Å². The summed E-state index contributed by atoms with van der Waals surface area (Å²) in [6, 6.07) is 19.2. The molecule has 0 aliphatic heterocycles. The third-order valence-electron chi connectivity index (χ3n) is 5.04. The maximum Gasteiger partial charge on any atom is 0.178 e. The molecule has 2 aromatic carbocycles. The maximum atomic E-state index is 5.96. The molecule has 1 aliphatic carbocycles. The quantitative estimate of drug-likeness (QED) is 0.447. The van der Waals surface area contributed by atoms with E-state index in [-0.39, 0.29) is 12.4 Å². The number of ether oxygens (including phenoxy) is 1. The standard InChI is InChI=1S/C22H20N2O2S.ClH/c1-2-5-16-13-18(12-15(16)4-1)23-9-10-25-19-7-3-6-17(14-19)21-22-20(26-24-21)8-11-27-22;/h1-8,11,14,18,23H,9-10,12-13H2;1H. The van der Waals surface area contributed by atoms with Gasteiger partial charge in [-0.25, -0.2) is 0 Å². The minimum absolute atomic E-state index is 0. The van der Waals surface area contributed by atoms with Gasteiger partial charge in [0, 0.05) is 18.2 Å². The first-order valence-corrected chi connectivity index (χ1v) is 10.1. The molecule has 28 heavy (non-hydrogen) atoms. The van der Waals surface area contributed by atoms with Crippen molar-refractivity contribution >= 4 is 34.0 Å². The summed E-state index contributed by atoms with van der Waals surface area (Å²) in [5.74, 6) is 0.858. The monoisotopic (exact) mass is 412 g/mol. The predicted molar refractivity (Wildman–Crippen MR) is 116 cm³/mol. The lowest BCUT2D eigenvalue weighted by atomic mass is 10.1.